The van der Waals surface area contributed by atoms with E-state index in [4.69, 9.17) is 0 Å². The van der Waals surface area contributed by atoms with Crippen LogP contribution in [0, 0.1) is 0 Å². The van der Waals surface area contributed by atoms with E-state index in [-0.39, 0.29) is 6.04 Å². The number of hydrogen-bond acceptors (Lipinski definition) is 3. The van der Waals surface area contributed by atoms with Gasteiger partial charge >= 0.3 is 0 Å². The van der Waals surface area contributed by atoms with Crippen LogP contribution in [-0.4, -0.2) is 16.8 Å². The van der Waals surface area contributed by atoms with Crippen LogP contribution in [0.15, 0.2) is 28.2 Å². The lowest BCUT2D eigenvalue weighted by molar-refractivity contribution is 0.613. The molecule has 15 heavy (non-hydrogen) atoms. The molecule has 0 aromatic carbocycles. The van der Waals surface area contributed by atoms with Crippen LogP contribution in [0.3, 0.4) is 0 Å². The van der Waals surface area contributed by atoms with Crippen molar-refractivity contribution in [3.8, 4) is 0 Å². The average molecular weight is 286 g/mol. The summed E-state index contributed by atoms with van der Waals surface area (Å²) in [4.78, 5) is 1.29. The lowest BCUT2D eigenvalue weighted by Crippen LogP contribution is -2.19. The first-order chi connectivity index (χ1) is 7.22. The summed E-state index contributed by atoms with van der Waals surface area (Å²) < 4.78 is 3.05. The van der Waals surface area contributed by atoms with E-state index in [9.17, 15) is 0 Å². The van der Waals surface area contributed by atoms with Crippen LogP contribution in [0.5, 0.6) is 0 Å². The molecule has 0 saturated heterocycles. The van der Waals surface area contributed by atoms with E-state index in [1.165, 1.54) is 10.6 Å². The Morgan fingerprint density at radius 3 is 2.73 bits per heavy atom. The molecule has 2 heterocycles. The molecule has 0 saturated carbocycles. The molecule has 2 aromatic heterocycles. The smallest absolute Gasteiger partial charge is 0.0839 e. The van der Waals surface area contributed by atoms with Gasteiger partial charge in [-0.25, -0.2) is 0 Å². The van der Waals surface area contributed by atoms with Gasteiger partial charge in [0.2, 0.25) is 0 Å². The fourth-order valence-corrected chi connectivity index (χ4v) is 3.13. The second-order valence-corrected chi connectivity index (χ2v) is 5.74. The Kier molecular flexibility index (Phi) is 3.23. The maximum absolute atomic E-state index is 4.19. The van der Waals surface area contributed by atoms with E-state index in [0.29, 0.717) is 0 Å². The third-order valence-corrected chi connectivity index (χ3v) is 4.01. The highest BCUT2D eigenvalue weighted by molar-refractivity contribution is 9.11. The number of halogens is 1. The van der Waals surface area contributed by atoms with Crippen LogP contribution in [0.1, 0.15) is 16.6 Å². The first-order valence-electron chi connectivity index (χ1n) is 4.62. The quantitative estimate of drug-likeness (QED) is 0.939. The first kappa shape index (κ1) is 10.9. The summed E-state index contributed by atoms with van der Waals surface area (Å²) >= 11 is 5.22. The van der Waals surface area contributed by atoms with Gasteiger partial charge in [0.1, 0.15) is 0 Å². The highest BCUT2D eigenvalue weighted by Crippen LogP contribution is 2.30. The first-order valence-corrected chi connectivity index (χ1v) is 6.23. The minimum atomic E-state index is 0.216. The molecule has 80 valence electrons. The van der Waals surface area contributed by atoms with Gasteiger partial charge in [0.25, 0.3) is 0 Å². The second kappa shape index (κ2) is 4.47. The number of rotatable bonds is 3. The number of hydrogen-bond donors (Lipinski definition) is 1. The molecular formula is C10H12BrN3S. The third-order valence-electron chi connectivity index (χ3n) is 2.32. The zero-order valence-corrected chi connectivity index (χ0v) is 11.0. The number of aryl methyl sites for hydroxylation is 1. The van der Waals surface area contributed by atoms with Crippen molar-refractivity contribution in [1.82, 2.24) is 15.1 Å². The van der Waals surface area contributed by atoms with E-state index < -0.39 is 0 Å². The Balaban J connectivity index is 2.36. The van der Waals surface area contributed by atoms with Gasteiger partial charge in [-0.1, -0.05) is 0 Å². The molecule has 0 aliphatic carbocycles. The Morgan fingerprint density at radius 1 is 1.47 bits per heavy atom. The van der Waals surface area contributed by atoms with E-state index in [1.807, 2.05) is 31.0 Å². The zero-order chi connectivity index (χ0) is 10.8. The predicted molar refractivity (Wildman–Crippen MR) is 66.1 cm³/mol. The maximum atomic E-state index is 4.19. The van der Waals surface area contributed by atoms with Crippen LogP contribution in [-0.2, 0) is 7.05 Å². The van der Waals surface area contributed by atoms with Crippen molar-refractivity contribution in [2.75, 3.05) is 7.05 Å². The molecule has 0 aliphatic heterocycles. The lowest BCUT2D eigenvalue weighted by atomic mass is 10.2. The molecule has 0 amide bonds. The summed E-state index contributed by atoms with van der Waals surface area (Å²) in [5.74, 6) is 0. The van der Waals surface area contributed by atoms with Crippen LogP contribution >= 0.6 is 27.3 Å². The molecule has 2 rings (SSSR count). The zero-order valence-electron chi connectivity index (χ0n) is 8.57. The minimum absolute atomic E-state index is 0.216. The molecule has 3 nitrogen and oxygen atoms in total. The Hall–Kier alpha value is -0.650. The summed E-state index contributed by atoms with van der Waals surface area (Å²) in [6.45, 7) is 0. The molecule has 2 aromatic rings. The summed E-state index contributed by atoms with van der Waals surface area (Å²) in [5, 5.41) is 7.49. The predicted octanol–water partition coefficient (Wildman–Crippen LogP) is 2.55. The van der Waals surface area contributed by atoms with Crippen molar-refractivity contribution in [1.29, 1.82) is 0 Å². The fraction of sp³-hybridized carbons (Fsp3) is 0.300. The van der Waals surface area contributed by atoms with Crippen LogP contribution in [0.2, 0.25) is 0 Å². The second-order valence-electron chi connectivity index (χ2n) is 3.24. The highest BCUT2D eigenvalue weighted by atomic mass is 79.9. The van der Waals surface area contributed by atoms with Crippen molar-refractivity contribution in [3.05, 3.63) is 38.8 Å². The lowest BCUT2D eigenvalue weighted by Gasteiger charge is -2.14. The number of nitrogens with one attached hydrogen (secondary N) is 1. The molecule has 0 aliphatic rings. The summed E-state index contributed by atoms with van der Waals surface area (Å²) in [7, 11) is 3.92. The standard InChI is InChI=1S/C10H12BrN3S/c1-12-10(7-5-6-13-14(7)2)8-3-4-9(11)15-8/h3-6,10,12H,1-2H3. The average Bonchev–Trinajstić information content (AvgIpc) is 2.79. The molecule has 1 N–H and O–H groups in total. The van der Waals surface area contributed by atoms with Crippen molar-refractivity contribution in [3.63, 3.8) is 0 Å². The molecule has 5 heteroatoms. The van der Waals surface area contributed by atoms with Crippen molar-refractivity contribution in [2.24, 2.45) is 7.05 Å². The van der Waals surface area contributed by atoms with Gasteiger partial charge in [-0.2, -0.15) is 5.10 Å². The van der Waals surface area contributed by atoms with Crippen LogP contribution in [0.25, 0.3) is 0 Å². The molecule has 0 radical (unpaired) electrons. The van der Waals surface area contributed by atoms with Crippen LogP contribution < -0.4 is 5.32 Å². The van der Waals surface area contributed by atoms with Gasteiger partial charge in [0.15, 0.2) is 0 Å². The van der Waals surface area contributed by atoms with Gasteiger partial charge in [-0.05, 0) is 41.2 Å². The summed E-state index contributed by atoms with van der Waals surface area (Å²) in [5.41, 5.74) is 1.17. The van der Waals surface area contributed by atoms with Gasteiger partial charge in [-0.3, -0.25) is 4.68 Å². The number of nitrogens with zero attached hydrogens (tertiary/aromatic N) is 2. The van der Waals surface area contributed by atoms with Crippen molar-refractivity contribution in [2.45, 2.75) is 6.04 Å². The highest BCUT2D eigenvalue weighted by Gasteiger charge is 2.16. The number of thiophene rings is 1. The summed E-state index contributed by atoms with van der Waals surface area (Å²) in [6.07, 6.45) is 1.82. The molecule has 1 atom stereocenters. The SMILES string of the molecule is CNC(c1ccc(Br)s1)c1ccnn1C. The van der Waals surface area contributed by atoms with E-state index in [0.717, 1.165) is 3.79 Å². The van der Waals surface area contributed by atoms with Gasteiger partial charge in [-0.15, -0.1) is 11.3 Å². The minimum Gasteiger partial charge on any atom is -0.307 e. The monoisotopic (exact) mass is 285 g/mol. The third kappa shape index (κ3) is 2.14. The van der Waals surface area contributed by atoms with Gasteiger partial charge < -0.3 is 5.32 Å². The number of aromatic nitrogens is 2. The Labute approximate surface area is 101 Å². The van der Waals surface area contributed by atoms with Gasteiger partial charge in [0.05, 0.1) is 15.5 Å². The Bertz CT molecular complexity index is 449. The molecular weight excluding hydrogens is 274 g/mol. The molecule has 0 bridgehead atoms. The van der Waals surface area contributed by atoms with Crippen molar-refractivity contribution >= 4 is 27.3 Å². The van der Waals surface area contributed by atoms with Crippen LogP contribution in [0.4, 0.5) is 0 Å². The van der Waals surface area contributed by atoms with Gasteiger partial charge in [0, 0.05) is 18.1 Å². The molecule has 0 spiro atoms. The van der Waals surface area contributed by atoms with E-state index in [1.54, 1.807) is 11.3 Å². The van der Waals surface area contributed by atoms with Crippen molar-refractivity contribution < 1.29 is 0 Å². The molecule has 0 fully saturated rings. The fourth-order valence-electron chi connectivity index (χ4n) is 1.59. The largest absolute Gasteiger partial charge is 0.307 e. The Morgan fingerprint density at radius 2 is 2.27 bits per heavy atom. The topological polar surface area (TPSA) is 29.9 Å². The van der Waals surface area contributed by atoms with E-state index >= 15 is 0 Å². The van der Waals surface area contributed by atoms with E-state index in [2.05, 4.69) is 38.5 Å². The normalized spacial score (nSPS) is 13.0. The molecule has 1 unspecified atom stereocenters. The summed E-state index contributed by atoms with van der Waals surface area (Å²) in [6, 6.07) is 6.45. The maximum Gasteiger partial charge on any atom is 0.0839 e.